The molecule has 140 valence electrons. The number of nitro groups is 1. The molecule has 1 aliphatic heterocycles. The van der Waals surface area contributed by atoms with Gasteiger partial charge in [0.1, 0.15) is 18.0 Å². The van der Waals surface area contributed by atoms with Gasteiger partial charge in [-0.15, -0.1) is 0 Å². The zero-order valence-corrected chi connectivity index (χ0v) is 14.8. The first kappa shape index (κ1) is 17.4. The molecule has 27 heavy (non-hydrogen) atoms. The Morgan fingerprint density at radius 3 is 2.63 bits per heavy atom. The highest BCUT2D eigenvalue weighted by Gasteiger charge is 2.11. The molecular formula is C19H20N4O4. The summed E-state index contributed by atoms with van der Waals surface area (Å²) in [6.45, 7) is 5.00. The molecule has 1 saturated heterocycles. The number of benzene rings is 1. The van der Waals surface area contributed by atoms with E-state index in [2.05, 4.69) is 9.88 Å². The zero-order valence-electron chi connectivity index (χ0n) is 14.8. The van der Waals surface area contributed by atoms with Crippen LogP contribution in [0.2, 0.25) is 0 Å². The highest BCUT2D eigenvalue weighted by Crippen LogP contribution is 2.23. The third-order valence-electron chi connectivity index (χ3n) is 4.58. The summed E-state index contributed by atoms with van der Waals surface area (Å²) in [6, 6.07) is 10.8. The molecular weight excluding hydrogens is 348 g/mol. The molecule has 2 aromatic heterocycles. The molecule has 3 aromatic rings. The second kappa shape index (κ2) is 7.73. The van der Waals surface area contributed by atoms with Crippen LogP contribution in [-0.2, 0) is 4.74 Å². The van der Waals surface area contributed by atoms with E-state index < -0.39 is 4.92 Å². The molecule has 0 radical (unpaired) electrons. The SMILES string of the molecule is O=[N+]([O-])c1ccc2nc(-c3ccc(OCCN4CCOCC4)cc3)cn2c1. The number of rotatable bonds is 6. The fourth-order valence-corrected chi connectivity index (χ4v) is 3.07. The van der Waals surface area contributed by atoms with Crippen LogP contribution in [0, 0.1) is 10.1 Å². The quantitative estimate of drug-likeness (QED) is 0.491. The van der Waals surface area contributed by atoms with Crippen molar-refractivity contribution in [3.8, 4) is 17.0 Å². The number of hydrogen-bond acceptors (Lipinski definition) is 6. The predicted molar refractivity (Wildman–Crippen MR) is 100 cm³/mol. The fraction of sp³-hybridized carbons (Fsp3) is 0.316. The van der Waals surface area contributed by atoms with E-state index in [1.807, 2.05) is 24.3 Å². The minimum Gasteiger partial charge on any atom is -0.492 e. The summed E-state index contributed by atoms with van der Waals surface area (Å²) in [5.74, 6) is 0.811. The third kappa shape index (κ3) is 4.07. The van der Waals surface area contributed by atoms with E-state index in [0.717, 1.165) is 49.9 Å². The number of hydrogen-bond donors (Lipinski definition) is 0. The first-order chi connectivity index (χ1) is 13.2. The number of ether oxygens (including phenoxy) is 2. The first-order valence-corrected chi connectivity index (χ1v) is 8.85. The summed E-state index contributed by atoms with van der Waals surface area (Å²) in [6.07, 6.45) is 3.26. The lowest BCUT2D eigenvalue weighted by Crippen LogP contribution is -2.38. The summed E-state index contributed by atoms with van der Waals surface area (Å²) in [4.78, 5) is 17.3. The second-order valence-electron chi connectivity index (χ2n) is 6.36. The largest absolute Gasteiger partial charge is 0.492 e. The molecule has 1 fully saturated rings. The standard InChI is InChI=1S/C19H20N4O4/c24-23(25)16-3-6-19-20-18(14-22(19)13-16)15-1-4-17(5-2-15)27-12-9-21-7-10-26-11-8-21/h1-6,13-14H,7-12H2. The number of aromatic nitrogens is 2. The van der Waals surface area contributed by atoms with E-state index in [4.69, 9.17) is 9.47 Å². The molecule has 0 saturated carbocycles. The van der Waals surface area contributed by atoms with E-state index in [1.54, 1.807) is 16.7 Å². The Hall–Kier alpha value is -2.97. The van der Waals surface area contributed by atoms with Crippen LogP contribution in [0.4, 0.5) is 5.69 Å². The van der Waals surface area contributed by atoms with Crippen molar-refractivity contribution >= 4 is 11.3 Å². The Morgan fingerprint density at radius 1 is 1.11 bits per heavy atom. The van der Waals surface area contributed by atoms with Crippen molar-refractivity contribution in [2.45, 2.75) is 0 Å². The summed E-state index contributed by atoms with van der Waals surface area (Å²) in [5.41, 5.74) is 2.40. The van der Waals surface area contributed by atoms with Gasteiger partial charge in [-0.05, 0) is 30.3 Å². The monoisotopic (exact) mass is 368 g/mol. The molecule has 1 aliphatic rings. The summed E-state index contributed by atoms with van der Waals surface area (Å²) >= 11 is 0. The molecule has 0 N–H and O–H groups in total. The molecule has 0 amide bonds. The fourth-order valence-electron chi connectivity index (χ4n) is 3.07. The van der Waals surface area contributed by atoms with Crippen molar-refractivity contribution in [3.63, 3.8) is 0 Å². The van der Waals surface area contributed by atoms with Gasteiger partial charge in [-0.3, -0.25) is 19.4 Å². The van der Waals surface area contributed by atoms with Crippen LogP contribution in [0.25, 0.3) is 16.9 Å². The maximum Gasteiger partial charge on any atom is 0.286 e. The number of fused-ring (bicyclic) bond motifs is 1. The maximum atomic E-state index is 10.9. The van der Waals surface area contributed by atoms with Crippen LogP contribution in [0.3, 0.4) is 0 Å². The Labute approximate surface area is 156 Å². The van der Waals surface area contributed by atoms with E-state index in [9.17, 15) is 10.1 Å². The highest BCUT2D eigenvalue weighted by molar-refractivity contribution is 5.63. The van der Waals surface area contributed by atoms with Crippen molar-refractivity contribution < 1.29 is 14.4 Å². The maximum absolute atomic E-state index is 10.9. The van der Waals surface area contributed by atoms with Gasteiger partial charge in [0.2, 0.25) is 0 Å². The molecule has 8 heteroatoms. The van der Waals surface area contributed by atoms with Crippen LogP contribution >= 0.6 is 0 Å². The van der Waals surface area contributed by atoms with Crippen LogP contribution in [-0.4, -0.2) is 58.7 Å². The number of pyridine rings is 1. The van der Waals surface area contributed by atoms with Crippen LogP contribution in [0.5, 0.6) is 5.75 Å². The van der Waals surface area contributed by atoms with Gasteiger partial charge in [0, 0.05) is 37.5 Å². The van der Waals surface area contributed by atoms with Gasteiger partial charge in [0.15, 0.2) is 0 Å². The van der Waals surface area contributed by atoms with Gasteiger partial charge in [0.25, 0.3) is 5.69 Å². The minimum atomic E-state index is -0.415. The zero-order chi connectivity index (χ0) is 18.6. The molecule has 3 heterocycles. The van der Waals surface area contributed by atoms with Crippen LogP contribution < -0.4 is 4.74 Å². The highest BCUT2D eigenvalue weighted by atomic mass is 16.6. The van der Waals surface area contributed by atoms with E-state index in [1.165, 1.54) is 12.3 Å². The number of imidazole rings is 1. The molecule has 0 unspecified atom stereocenters. The summed E-state index contributed by atoms with van der Waals surface area (Å²) in [7, 11) is 0. The van der Waals surface area contributed by atoms with Gasteiger partial charge in [0.05, 0.1) is 30.0 Å². The smallest absolute Gasteiger partial charge is 0.286 e. The van der Waals surface area contributed by atoms with Crippen LogP contribution in [0.1, 0.15) is 0 Å². The van der Waals surface area contributed by atoms with E-state index in [-0.39, 0.29) is 5.69 Å². The Morgan fingerprint density at radius 2 is 1.89 bits per heavy atom. The minimum absolute atomic E-state index is 0.0375. The van der Waals surface area contributed by atoms with E-state index in [0.29, 0.717) is 12.3 Å². The van der Waals surface area contributed by atoms with Crippen molar-refractivity contribution in [2.24, 2.45) is 0 Å². The average molecular weight is 368 g/mol. The topological polar surface area (TPSA) is 82.1 Å². The summed E-state index contributed by atoms with van der Waals surface area (Å²) < 4.78 is 12.8. The molecule has 0 bridgehead atoms. The van der Waals surface area contributed by atoms with E-state index >= 15 is 0 Å². The van der Waals surface area contributed by atoms with Crippen molar-refractivity contribution in [1.29, 1.82) is 0 Å². The molecule has 8 nitrogen and oxygen atoms in total. The van der Waals surface area contributed by atoms with Crippen LogP contribution in [0.15, 0.2) is 48.8 Å². The molecule has 1 aromatic carbocycles. The number of nitrogens with zero attached hydrogens (tertiary/aromatic N) is 4. The van der Waals surface area contributed by atoms with Gasteiger partial charge in [-0.1, -0.05) is 0 Å². The molecule has 0 spiro atoms. The van der Waals surface area contributed by atoms with Crippen molar-refractivity contribution in [1.82, 2.24) is 14.3 Å². The lowest BCUT2D eigenvalue weighted by molar-refractivity contribution is -0.385. The molecule has 0 aliphatic carbocycles. The van der Waals surface area contributed by atoms with Gasteiger partial charge < -0.3 is 9.47 Å². The van der Waals surface area contributed by atoms with Crippen molar-refractivity contribution in [2.75, 3.05) is 39.5 Å². The normalized spacial score (nSPS) is 15.1. The van der Waals surface area contributed by atoms with Gasteiger partial charge in [-0.25, -0.2) is 4.98 Å². The van der Waals surface area contributed by atoms with Crippen molar-refractivity contribution in [3.05, 3.63) is 58.9 Å². The van der Waals surface area contributed by atoms with Gasteiger partial charge >= 0.3 is 0 Å². The Balaban J connectivity index is 1.40. The third-order valence-corrected chi connectivity index (χ3v) is 4.58. The lowest BCUT2D eigenvalue weighted by Gasteiger charge is -2.26. The molecule has 4 rings (SSSR count). The number of morpholine rings is 1. The molecule has 0 atom stereocenters. The Kier molecular flexibility index (Phi) is 4.99. The summed E-state index contributed by atoms with van der Waals surface area (Å²) in [5, 5.41) is 10.9. The first-order valence-electron chi connectivity index (χ1n) is 8.85. The second-order valence-corrected chi connectivity index (χ2v) is 6.36. The Bertz CT molecular complexity index is 933. The predicted octanol–water partition coefficient (Wildman–Crippen LogP) is 2.62. The van der Waals surface area contributed by atoms with Gasteiger partial charge in [-0.2, -0.15) is 0 Å². The average Bonchev–Trinajstić information content (AvgIpc) is 3.12. The lowest BCUT2D eigenvalue weighted by atomic mass is 10.2.